The molecule has 1 aromatic heterocycles. The molecule has 0 saturated carbocycles. The van der Waals surface area contributed by atoms with Gasteiger partial charge >= 0.3 is 0 Å². The van der Waals surface area contributed by atoms with Gasteiger partial charge in [-0.05, 0) is 36.4 Å². The van der Waals surface area contributed by atoms with Crippen molar-refractivity contribution in [2.75, 3.05) is 20.7 Å². The van der Waals surface area contributed by atoms with E-state index in [0.29, 0.717) is 6.54 Å². The quantitative estimate of drug-likeness (QED) is 0.889. The largest absolute Gasteiger partial charge is 0.497 e. The number of pyridine rings is 1. The van der Waals surface area contributed by atoms with Crippen LogP contribution in [0.2, 0.25) is 0 Å². The molecule has 0 bridgehead atoms. The molecule has 1 aromatic carbocycles. The topological polar surface area (TPSA) is 51.4 Å². The number of ether oxygens (including phenoxy) is 1. The number of hydrogen-bond donors (Lipinski definition) is 1. The van der Waals surface area contributed by atoms with Gasteiger partial charge in [-0.1, -0.05) is 0 Å². The van der Waals surface area contributed by atoms with Crippen molar-refractivity contribution in [1.29, 1.82) is 0 Å². The fraction of sp³-hybridized carbons (Fsp3) is 0.400. The highest BCUT2D eigenvalue weighted by atomic mass is 16.5. The molecule has 2 N–H and O–H groups in total. The van der Waals surface area contributed by atoms with Crippen LogP contribution in [-0.2, 0) is 19.5 Å². The summed E-state index contributed by atoms with van der Waals surface area (Å²) in [4.78, 5) is 7.11. The van der Waals surface area contributed by atoms with E-state index in [9.17, 15) is 0 Å². The number of aromatic nitrogens is 1. The summed E-state index contributed by atoms with van der Waals surface area (Å²) in [6.45, 7) is 2.54. The average molecular weight is 257 g/mol. The van der Waals surface area contributed by atoms with Gasteiger partial charge in [0.2, 0.25) is 0 Å². The number of nitrogens with zero attached hydrogens (tertiary/aromatic N) is 2. The highest BCUT2D eigenvalue weighted by Crippen LogP contribution is 2.29. The number of benzene rings is 1. The molecule has 3 rings (SSSR count). The van der Waals surface area contributed by atoms with Crippen molar-refractivity contribution >= 4 is 10.9 Å². The Labute approximate surface area is 113 Å². The van der Waals surface area contributed by atoms with Crippen LogP contribution in [0, 0.1) is 0 Å². The second-order valence-electron chi connectivity index (χ2n) is 5.09. The second kappa shape index (κ2) is 4.79. The molecular formula is C15H19N3O. The predicted molar refractivity (Wildman–Crippen MR) is 76.2 cm³/mol. The van der Waals surface area contributed by atoms with Crippen molar-refractivity contribution in [3.8, 4) is 5.75 Å². The maximum absolute atomic E-state index is 5.99. The summed E-state index contributed by atoms with van der Waals surface area (Å²) in [7, 11) is 3.82. The maximum Gasteiger partial charge on any atom is 0.119 e. The summed E-state index contributed by atoms with van der Waals surface area (Å²) in [5.74, 6) is 0.855. The van der Waals surface area contributed by atoms with Crippen LogP contribution in [0.3, 0.4) is 0 Å². The second-order valence-corrected chi connectivity index (χ2v) is 5.09. The molecule has 0 atom stereocenters. The summed E-state index contributed by atoms with van der Waals surface area (Å²) in [6.07, 6.45) is 1.00. The zero-order valence-electron chi connectivity index (χ0n) is 11.4. The van der Waals surface area contributed by atoms with Crippen molar-refractivity contribution in [2.45, 2.75) is 19.5 Å². The van der Waals surface area contributed by atoms with E-state index in [0.717, 1.165) is 36.2 Å². The van der Waals surface area contributed by atoms with Crippen LogP contribution in [-0.4, -0.2) is 30.6 Å². The Morgan fingerprint density at radius 1 is 1.42 bits per heavy atom. The molecule has 4 nitrogen and oxygen atoms in total. The van der Waals surface area contributed by atoms with Crippen molar-refractivity contribution in [1.82, 2.24) is 9.88 Å². The normalized spacial score (nSPS) is 15.5. The first-order valence-electron chi connectivity index (χ1n) is 6.60. The highest BCUT2D eigenvalue weighted by molar-refractivity contribution is 5.85. The van der Waals surface area contributed by atoms with Gasteiger partial charge in [0, 0.05) is 37.1 Å². The zero-order chi connectivity index (χ0) is 13.4. The van der Waals surface area contributed by atoms with Crippen LogP contribution in [0.15, 0.2) is 18.2 Å². The molecule has 4 heteroatoms. The SMILES string of the molecule is COc1ccc2nc3c(c(CN)c2c1)CN(C)CC3. The lowest BCUT2D eigenvalue weighted by Gasteiger charge is -2.27. The molecule has 0 unspecified atom stereocenters. The zero-order valence-corrected chi connectivity index (χ0v) is 11.4. The molecule has 2 heterocycles. The first-order chi connectivity index (χ1) is 9.22. The summed E-state index contributed by atoms with van der Waals surface area (Å²) in [5.41, 5.74) is 10.7. The summed E-state index contributed by atoms with van der Waals surface area (Å²) >= 11 is 0. The van der Waals surface area contributed by atoms with Crippen molar-refractivity contribution < 1.29 is 4.74 Å². The number of likely N-dealkylation sites (N-methyl/N-ethyl adjacent to an activating group) is 1. The molecule has 0 fully saturated rings. The van der Waals surface area contributed by atoms with E-state index in [2.05, 4.69) is 11.9 Å². The number of fused-ring (bicyclic) bond motifs is 2. The fourth-order valence-corrected chi connectivity index (χ4v) is 2.80. The molecular weight excluding hydrogens is 238 g/mol. The summed E-state index contributed by atoms with van der Waals surface area (Å²) in [5, 5.41) is 1.12. The minimum atomic E-state index is 0.544. The maximum atomic E-state index is 5.99. The van der Waals surface area contributed by atoms with Gasteiger partial charge in [0.25, 0.3) is 0 Å². The average Bonchev–Trinajstić information content (AvgIpc) is 2.44. The van der Waals surface area contributed by atoms with Gasteiger partial charge in [-0.3, -0.25) is 4.98 Å². The van der Waals surface area contributed by atoms with Gasteiger partial charge in [-0.2, -0.15) is 0 Å². The van der Waals surface area contributed by atoms with Crippen molar-refractivity contribution in [3.05, 3.63) is 35.0 Å². The molecule has 0 amide bonds. The first kappa shape index (κ1) is 12.4. The number of nitrogens with two attached hydrogens (primary N) is 1. The molecule has 1 aliphatic heterocycles. The Balaban J connectivity index is 2.27. The molecule has 0 aliphatic carbocycles. The number of hydrogen-bond acceptors (Lipinski definition) is 4. The third-order valence-electron chi connectivity index (χ3n) is 3.86. The predicted octanol–water partition coefficient (Wildman–Crippen LogP) is 1.69. The van der Waals surface area contributed by atoms with Crippen LogP contribution < -0.4 is 10.5 Å². The van der Waals surface area contributed by atoms with Crippen LogP contribution >= 0.6 is 0 Å². The first-order valence-corrected chi connectivity index (χ1v) is 6.60. The lowest BCUT2D eigenvalue weighted by molar-refractivity contribution is 0.309. The number of rotatable bonds is 2. The van der Waals surface area contributed by atoms with E-state index < -0.39 is 0 Å². The van der Waals surface area contributed by atoms with Gasteiger partial charge in [-0.25, -0.2) is 0 Å². The molecule has 100 valence electrons. The van der Waals surface area contributed by atoms with Crippen LogP contribution in [0.4, 0.5) is 0 Å². The van der Waals surface area contributed by atoms with Gasteiger partial charge < -0.3 is 15.4 Å². The Kier molecular flexibility index (Phi) is 3.12. The summed E-state index contributed by atoms with van der Waals surface area (Å²) < 4.78 is 5.31. The van der Waals surface area contributed by atoms with Crippen LogP contribution in [0.5, 0.6) is 5.75 Å². The van der Waals surface area contributed by atoms with Gasteiger partial charge in [0.15, 0.2) is 0 Å². The minimum absolute atomic E-state index is 0.544. The third kappa shape index (κ3) is 2.07. The van der Waals surface area contributed by atoms with E-state index in [1.807, 2.05) is 18.2 Å². The molecule has 0 radical (unpaired) electrons. The monoisotopic (exact) mass is 257 g/mol. The van der Waals surface area contributed by atoms with Gasteiger partial charge in [0.1, 0.15) is 5.75 Å². The van der Waals surface area contributed by atoms with Crippen molar-refractivity contribution in [3.63, 3.8) is 0 Å². The fourth-order valence-electron chi connectivity index (χ4n) is 2.80. The Morgan fingerprint density at radius 3 is 3.00 bits per heavy atom. The molecule has 2 aromatic rings. The Bertz CT molecular complexity index is 624. The minimum Gasteiger partial charge on any atom is -0.497 e. The van der Waals surface area contributed by atoms with Crippen LogP contribution in [0.1, 0.15) is 16.8 Å². The number of methoxy groups -OCH3 is 1. The smallest absolute Gasteiger partial charge is 0.119 e. The Morgan fingerprint density at radius 2 is 2.26 bits per heavy atom. The van der Waals surface area contributed by atoms with E-state index in [1.165, 1.54) is 16.8 Å². The molecule has 1 aliphatic rings. The third-order valence-corrected chi connectivity index (χ3v) is 3.86. The highest BCUT2D eigenvalue weighted by Gasteiger charge is 2.20. The van der Waals surface area contributed by atoms with E-state index >= 15 is 0 Å². The van der Waals surface area contributed by atoms with Crippen molar-refractivity contribution in [2.24, 2.45) is 5.73 Å². The molecule has 0 saturated heterocycles. The summed E-state index contributed by atoms with van der Waals surface area (Å²) in [6, 6.07) is 6.02. The van der Waals surface area contributed by atoms with E-state index in [-0.39, 0.29) is 0 Å². The standard InChI is InChI=1S/C15H19N3O/c1-18-6-5-15-13(9-18)12(8-16)11-7-10(19-2)3-4-14(11)17-15/h3-4,7H,5-6,8-9,16H2,1-2H3. The molecule has 19 heavy (non-hydrogen) atoms. The van der Waals surface area contributed by atoms with E-state index in [1.54, 1.807) is 7.11 Å². The lowest BCUT2D eigenvalue weighted by atomic mass is 9.96. The van der Waals surface area contributed by atoms with Gasteiger partial charge in [-0.15, -0.1) is 0 Å². The van der Waals surface area contributed by atoms with Gasteiger partial charge in [0.05, 0.1) is 12.6 Å². The molecule has 0 spiro atoms. The van der Waals surface area contributed by atoms with Crippen LogP contribution in [0.25, 0.3) is 10.9 Å². The lowest BCUT2D eigenvalue weighted by Crippen LogP contribution is -2.29. The Hall–Kier alpha value is -1.65. The van der Waals surface area contributed by atoms with E-state index in [4.69, 9.17) is 15.5 Å².